The second-order valence-electron chi connectivity index (χ2n) is 3.13. The van der Waals surface area contributed by atoms with Gasteiger partial charge >= 0.3 is 0 Å². The minimum atomic E-state index is 0.558. The predicted octanol–water partition coefficient (Wildman–Crippen LogP) is 3.96. The van der Waals surface area contributed by atoms with Crippen LogP contribution in [-0.4, -0.2) is 0 Å². The zero-order chi connectivity index (χ0) is 11.4. The molecule has 16 heavy (non-hydrogen) atoms. The van der Waals surface area contributed by atoms with E-state index in [1.165, 1.54) is 4.88 Å². The zero-order valence-electron chi connectivity index (χ0n) is 8.31. The Morgan fingerprint density at radius 1 is 1.38 bits per heavy atom. The molecule has 2 rings (SSSR count). The molecule has 0 amide bonds. The number of hydrogen-bond acceptors (Lipinski definition) is 3. The Balaban J connectivity index is 2.08. The maximum Gasteiger partial charge on any atom is 0.134 e. The summed E-state index contributed by atoms with van der Waals surface area (Å²) in [5.41, 5.74) is 0.621. The maximum absolute atomic E-state index is 8.72. The highest BCUT2D eigenvalue weighted by Crippen LogP contribution is 2.27. The molecule has 0 aliphatic heterocycles. The van der Waals surface area contributed by atoms with Crippen LogP contribution in [0.25, 0.3) is 0 Å². The van der Waals surface area contributed by atoms with Crippen molar-refractivity contribution in [3.8, 4) is 11.8 Å². The molecule has 2 aromatic rings. The lowest BCUT2D eigenvalue weighted by atomic mass is 10.2. The first-order valence-electron chi connectivity index (χ1n) is 4.64. The van der Waals surface area contributed by atoms with Gasteiger partial charge in [-0.05, 0) is 45.6 Å². The molecule has 2 nitrogen and oxygen atoms in total. The van der Waals surface area contributed by atoms with Crippen LogP contribution in [-0.2, 0) is 6.61 Å². The van der Waals surface area contributed by atoms with Gasteiger partial charge in [-0.1, -0.05) is 6.07 Å². The van der Waals surface area contributed by atoms with E-state index in [-0.39, 0.29) is 0 Å². The van der Waals surface area contributed by atoms with Crippen LogP contribution in [0.5, 0.6) is 5.75 Å². The zero-order valence-corrected chi connectivity index (χ0v) is 10.7. The van der Waals surface area contributed by atoms with Gasteiger partial charge in [-0.3, -0.25) is 0 Å². The van der Waals surface area contributed by atoms with Crippen LogP contribution in [0, 0.1) is 11.3 Å². The second kappa shape index (κ2) is 5.15. The highest BCUT2D eigenvalue weighted by molar-refractivity contribution is 9.10. The molecule has 0 N–H and O–H groups in total. The summed E-state index contributed by atoms with van der Waals surface area (Å²) in [4.78, 5) is 1.18. The van der Waals surface area contributed by atoms with Crippen LogP contribution in [0.3, 0.4) is 0 Å². The van der Waals surface area contributed by atoms with E-state index in [1.807, 2.05) is 17.5 Å². The van der Waals surface area contributed by atoms with Gasteiger partial charge in [0.1, 0.15) is 12.4 Å². The van der Waals surface area contributed by atoms with Gasteiger partial charge in [0.2, 0.25) is 0 Å². The number of benzene rings is 1. The topological polar surface area (TPSA) is 33.0 Å². The van der Waals surface area contributed by atoms with Gasteiger partial charge in [0.25, 0.3) is 0 Å². The summed E-state index contributed by atoms with van der Waals surface area (Å²) in [6.45, 7) is 0.558. The number of ether oxygens (including phenoxy) is 1. The minimum absolute atomic E-state index is 0.558. The van der Waals surface area contributed by atoms with Crippen LogP contribution in [0.2, 0.25) is 0 Å². The van der Waals surface area contributed by atoms with Crippen molar-refractivity contribution in [2.24, 2.45) is 0 Å². The third-order valence-electron chi connectivity index (χ3n) is 2.01. The number of thiophene rings is 1. The van der Waals surface area contributed by atoms with Crippen molar-refractivity contribution < 1.29 is 4.74 Å². The number of nitrogens with zero attached hydrogens (tertiary/aromatic N) is 1. The smallest absolute Gasteiger partial charge is 0.134 e. The van der Waals surface area contributed by atoms with Crippen molar-refractivity contribution in [1.82, 2.24) is 0 Å². The van der Waals surface area contributed by atoms with Crippen molar-refractivity contribution in [3.05, 3.63) is 50.6 Å². The summed E-state index contributed by atoms with van der Waals surface area (Å²) in [6.07, 6.45) is 0. The van der Waals surface area contributed by atoms with Gasteiger partial charge in [-0.2, -0.15) is 5.26 Å². The Morgan fingerprint density at radius 2 is 2.25 bits per heavy atom. The van der Waals surface area contributed by atoms with Crippen molar-refractivity contribution >= 4 is 27.3 Å². The average molecular weight is 294 g/mol. The number of rotatable bonds is 3. The lowest BCUT2D eigenvalue weighted by Gasteiger charge is -2.06. The number of nitriles is 1. The molecule has 0 saturated heterocycles. The fourth-order valence-electron chi connectivity index (χ4n) is 1.23. The van der Waals surface area contributed by atoms with Crippen molar-refractivity contribution in [2.45, 2.75) is 6.61 Å². The fraction of sp³-hybridized carbons (Fsp3) is 0.0833. The largest absolute Gasteiger partial charge is 0.487 e. The number of hydrogen-bond donors (Lipinski definition) is 0. The van der Waals surface area contributed by atoms with E-state index in [0.717, 1.165) is 10.2 Å². The molecular weight excluding hydrogens is 286 g/mol. The quantitative estimate of drug-likeness (QED) is 0.858. The lowest BCUT2D eigenvalue weighted by Crippen LogP contribution is -1.93. The molecule has 0 aliphatic carbocycles. The monoisotopic (exact) mass is 293 g/mol. The fourth-order valence-corrected chi connectivity index (χ4v) is 2.34. The van der Waals surface area contributed by atoms with Gasteiger partial charge in [-0.25, -0.2) is 0 Å². The summed E-state index contributed by atoms with van der Waals surface area (Å²) >= 11 is 5.04. The number of halogens is 1. The summed E-state index contributed by atoms with van der Waals surface area (Å²) in [5.74, 6) is 0.757. The SMILES string of the molecule is N#Cc1ccc(OCc2cccs2)c(Br)c1. The molecule has 0 saturated carbocycles. The van der Waals surface area contributed by atoms with E-state index >= 15 is 0 Å². The standard InChI is InChI=1S/C12H8BrNOS/c13-11-6-9(7-14)3-4-12(11)15-8-10-2-1-5-16-10/h1-6H,8H2. The predicted molar refractivity (Wildman–Crippen MR) is 67.5 cm³/mol. The van der Waals surface area contributed by atoms with Crippen LogP contribution in [0.4, 0.5) is 0 Å². The Hall–Kier alpha value is -1.31. The second-order valence-corrected chi connectivity index (χ2v) is 5.01. The molecule has 0 spiro atoms. The van der Waals surface area contributed by atoms with Crippen LogP contribution < -0.4 is 4.74 Å². The molecular formula is C12H8BrNOS. The minimum Gasteiger partial charge on any atom is -0.487 e. The Bertz CT molecular complexity index is 516. The summed E-state index contributed by atoms with van der Waals surface area (Å²) in [6, 6.07) is 11.4. The molecule has 1 aromatic heterocycles. The van der Waals surface area contributed by atoms with E-state index < -0.39 is 0 Å². The molecule has 0 radical (unpaired) electrons. The molecule has 0 bridgehead atoms. The van der Waals surface area contributed by atoms with E-state index in [1.54, 1.807) is 29.5 Å². The van der Waals surface area contributed by atoms with Crippen molar-refractivity contribution in [1.29, 1.82) is 5.26 Å². The van der Waals surface area contributed by atoms with E-state index in [2.05, 4.69) is 22.0 Å². The van der Waals surface area contributed by atoms with E-state index in [0.29, 0.717) is 12.2 Å². The molecule has 0 atom stereocenters. The summed E-state index contributed by atoms with van der Waals surface area (Å²) < 4.78 is 6.44. The first-order chi connectivity index (χ1) is 7.79. The Kier molecular flexibility index (Phi) is 3.60. The van der Waals surface area contributed by atoms with Crippen molar-refractivity contribution in [3.63, 3.8) is 0 Å². The third kappa shape index (κ3) is 2.63. The third-order valence-corrected chi connectivity index (χ3v) is 3.48. The first kappa shape index (κ1) is 11.2. The Morgan fingerprint density at radius 3 is 2.88 bits per heavy atom. The Labute approximate surface area is 106 Å². The van der Waals surface area contributed by atoms with Crippen LogP contribution >= 0.6 is 27.3 Å². The first-order valence-corrected chi connectivity index (χ1v) is 6.31. The highest BCUT2D eigenvalue weighted by atomic mass is 79.9. The van der Waals surface area contributed by atoms with E-state index in [4.69, 9.17) is 10.00 Å². The molecule has 0 aliphatic rings. The molecule has 1 heterocycles. The summed E-state index contributed by atoms with van der Waals surface area (Å²) in [5, 5.41) is 10.7. The van der Waals surface area contributed by atoms with Gasteiger partial charge in [-0.15, -0.1) is 11.3 Å². The molecule has 1 aromatic carbocycles. The highest BCUT2D eigenvalue weighted by Gasteiger charge is 2.03. The molecule has 0 unspecified atom stereocenters. The molecule has 0 fully saturated rings. The summed E-state index contributed by atoms with van der Waals surface area (Å²) in [7, 11) is 0. The van der Waals surface area contributed by atoms with Crippen molar-refractivity contribution in [2.75, 3.05) is 0 Å². The van der Waals surface area contributed by atoms with Crippen LogP contribution in [0.1, 0.15) is 10.4 Å². The van der Waals surface area contributed by atoms with Gasteiger partial charge in [0, 0.05) is 4.88 Å². The average Bonchev–Trinajstić information content (AvgIpc) is 2.80. The lowest BCUT2D eigenvalue weighted by molar-refractivity contribution is 0.308. The van der Waals surface area contributed by atoms with Gasteiger partial charge in [0.05, 0.1) is 16.1 Å². The van der Waals surface area contributed by atoms with Crippen LogP contribution in [0.15, 0.2) is 40.2 Å². The molecule has 80 valence electrons. The van der Waals surface area contributed by atoms with Gasteiger partial charge in [0.15, 0.2) is 0 Å². The molecule has 4 heteroatoms. The normalized spacial score (nSPS) is 9.75. The van der Waals surface area contributed by atoms with E-state index in [9.17, 15) is 0 Å². The van der Waals surface area contributed by atoms with Gasteiger partial charge < -0.3 is 4.74 Å². The maximum atomic E-state index is 8.72.